The van der Waals surface area contributed by atoms with Crippen LogP contribution in [0.25, 0.3) is 0 Å². The lowest BCUT2D eigenvalue weighted by Crippen LogP contribution is -1.93. The summed E-state index contributed by atoms with van der Waals surface area (Å²) in [5.41, 5.74) is 0.658. The van der Waals surface area contributed by atoms with Crippen molar-refractivity contribution >= 4 is 31.9 Å². The molecule has 1 rings (SSSR count). The molecule has 0 radical (unpaired) electrons. The largest absolute Gasteiger partial charge is 0.280 e. The molecule has 0 aliphatic rings. The number of rotatable bonds is 2. The predicted molar refractivity (Wildman–Crippen MR) is 49.5 cm³/mol. The maximum absolute atomic E-state index is 12.1. The van der Waals surface area contributed by atoms with Gasteiger partial charge in [-0.25, -0.2) is 13.8 Å². The van der Waals surface area contributed by atoms with E-state index in [1.165, 1.54) is 6.07 Å². The second-order valence-electron chi connectivity index (χ2n) is 2.12. The molecular weight excluding hydrogens is 296 g/mol. The van der Waals surface area contributed by atoms with Crippen molar-refractivity contribution in [2.75, 3.05) is 0 Å². The van der Waals surface area contributed by atoms with Crippen LogP contribution in [-0.2, 0) is 5.33 Å². The van der Waals surface area contributed by atoms with Gasteiger partial charge in [0, 0.05) is 5.33 Å². The van der Waals surface area contributed by atoms with Gasteiger partial charge < -0.3 is 0 Å². The molecule has 0 fully saturated rings. The van der Waals surface area contributed by atoms with Gasteiger partial charge in [-0.15, -0.1) is 0 Å². The predicted octanol–water partition coefficient (Wildman–Crippen LogP) is 3.68. The molecule has 1 aromatic heterocycles. The van der Waals surface area contributed by atoms with E-state index in [1.54, 1.807) is 6.07 Å². The van der Waals surface area contributed by atoms with Crippen LogP contribution in [0.5, 0.6) is 0 Å². The molecule has 0 bridgehead atoms. The summed E-state index contributed by atoms with van der Waals surface area (Å²) in [6.07, 6.45) is -2.51. The summed E-state index contributed by atoms with van der Waals surface area (Å²) in [6.45, 7) is 0. The molecule has 0 saturated carbocycles. The summed E-state index contributed by atoms with van der Waals surface area (Å²) < 4.78 is 24.6. The first-order chi connectivity index (χ1) is 5.65. The van der Waals surface area contributed by atoms with Gasteiger partial charge in [0.25, 0.3) is 6.43 Å². The second-order valence-corrected chi connectivity index (χ2v) is 3.43. The third-order valence-electron chi connectivity index (χ3n) is 1.32. The maximum Gasteiger partial charge on any atom is 0.280 e. The average Bonchev–Trinajstić information content (AvgIpc) is 2.04. The molecule has 0 amide bonds. The van der Waals surface area contributed by atoms with E-state index < -0.39 is 6.43 Å². The van der Waals surface area contributed by atoms with E-state index in [1.807, 2.05) is 0 Å². The molecule has 0 atom stereocenters. The Hall–Kier alpha value is -0.0300. The SMILES string of the molecule is FC(F)c1ccc(CBr)c(Br)n1. The van der Waals surface area contributed by atoms with Crippen LogP contribution < -0.4 is 0 Å². The summed E-state index contributed by atoms with van der Waals surface area (Å²) in [5.74, 6) is 0. The van der Waals surface area contributed by atoms with Crippen molar-refractivity contribution in [3.63, 3.8) is 0 Å². The smallest absolute Gasteiger partial charge is 0.240 e. The fourth-order valence-corrected chi connectivity index (χ4v) is 2.00. The lowest BCUT2D eigenvalue weighted by atomic mass is 10.3. The first kappa shape index (κ1) is 10.1. The fraction of sp³-hybridized carbons (Fsp3) is 0.286. The Morgan fingerprint density at radius 3 is 2.50 bits per heavy atom. The van der Waals surface area contributed by atoms with Gasteiger partial charge in [0.2, 0.25) is 0 Å². The van der Waals surface area contributed by atoms with Crippen LogP contribution in [0, 0.1) is 0 Å². The Bertz CT molecular complexity index is 278. The van der Waals surface area contributed by atoms with Crippen LogP contribution in [0.15, 0.2) is 16.7 Å². The Kier molecular flexibility index (Phi) is 3.58. The van der Waals surface area contributed by atoms with Crippen molar-refractivity contribution in [2.24, 2.45) is 0 Å². The molecule has 1 nitrogen and oxygen atoms in total. The number of halogens is 4. The quantitative estimate of drug-likeness (QED) is 0.600. The van der Waals surface area contributed by atoms with E-state index in [0.717, 1.165) is 5.56 Å². The molecule has 0 spiro atoms. The van der Waals surface area contributed by atoms with Gasteiger partial charge in [0.05, 0.1) is 0 Å². The molecule has 0 unspecified atom stereocenters. The van der Waals surface area contributed by atoms with Crippen molar-refractivity contribution in [1.29, 1.82) is 0 Å². The Morgan fingerprint density at radius 2 is 2.08 bits per heavy atom. The highest BCUT2D eigenvalue weighted by Crippen LogP contribution is 2.22. The van der Waals surface area contributed by atoms with E-state index >= 15 is 0 Å². The highest BCUT2D eigenvalue weighted by molar-refractivity contribution is 9.10. The van der Waals surface area contributed by atoms with Gasteiger partial charge in [0.15, 0.2) is 0 Å². The van der Waals surface area contributed by atoms with Gasteiger partial charge in [-0.05, 0) is 27.6 Å². The van der Waals surface area contributed by atoms with E-state index in [9.17, 15) is 8.78 Å². The highest BCUT2D eigenvalue weighted by Gasteiger charge is 2.10. The number of pyridine rings is 1. The van der Waals surface area contributed by atoms with Crippen LogP contribution in [0.3, 0.4) is 0 Å². The normalized spacial score (nSPS) is 10.8. The lowest BCUT2D eigenvalue weighted by Gasteiger charge is -2.02. The molecule has 0 saturated heterocycles. The molecule has 66 valence electrons. The summed E-state index contributed by atoms with van der Waals surface area (Å²) >= 11 is 6.31. The van der Waals surface area contributed by atoms with Crippen molar-refractivity contribution in [3.8, 4) is 0 Å². The van der Waals surface area contributed by atoms with Gasteiger partial charge >= 0.3 is 0 Å². The van der Waals surface area contributed by atoms with E-state index in [4.69, 9.17) is 0 Å². The van der Waals surface area contributed by atoms with E-state index in [-0.39, 0.29) is 5.69 Å². The zero-order valence-electron chi connectivity index (χ0n) is 5.90. The average molecular weight is 301 g/mol. The first-order valence-electron chi connectivity index (χ1n) is 3.14. The molecule has 12 heavy (non-hydrogen) atoms. The minimum atomic E-state index is -2.51. The summed E-state index contributed by atoms with van der Waals surface area (Å²) in [6, 6.07) is 2.94. The molecule has 0 aliphatic carbocycles. The third-order valence-corrected chi connectivity index (χ3v) is 2.61. The number of alkyl halides is 3. The lowest BCUT2D eigenvalue weighted by molar-refractivity contribution is 0.146. The standard InChI is InChI=1S/C7H5Br2F2N/c8-3-4-1-2-5(7(10)11)12-6(4)9/h1-2,7H,3H2. The third kappa shape index (κ3) is 2.23. The second kappa shape index (κ2) is 4.28. The molecule has 5 heteroatoms. The molecule has 1 heterocycles. The number of nitrogens with zero attached hydrogens (tertiary/aromatic N) is 1. The van der Waals surface area contributed by atoms with Crippen molar-refractivity contribution < 1.29 is 8.78 Å². The van der Waals surface area contributed by atoms with Crippen molar-refractivity contribution in [2.45, 2.75) is 11.8 Å². The maximum atomic E-state index is 12.1. The highest BCUT2D eigenvalue weighted by atomic mass is 79.9. The summed E-state index contributed by atoms with van der Waals surface area (Å²) in [4.78, 5) is 3.68. The number of aromatic nitrogens is 1. The molecule has 1 aromatic rings. The summed E-state index contributed by atoms with van der Waals surface area (Å²) in [5, 5.41) is 0.601. The Balaban J connectivity index is 3.02. The van der Waals surface area contributed by atoms with E-state index in [2.05, 4.69) is 36.8 Å². The Morgan fingerprint density at radius 1 is 1.42 bits per heavy atom. The molecule has 0 N–H and O–H groups in total. The van der Waals surface area contributed by atoms with Crippen LogP contribution in [0.2, 0.25) is 0 Å². The summed E-state index contributed by atoms with van der Waals surface area (Å²) in [7, 11) is 0. The zero-order chi connectivity index (χ0) is 9.14. The van der Waals surface area contributed by atoms with Crippen LogP contribution in [0.1, 0.15) is 17.7 Å². The van der Waals surface area contributed by atoms with Crippen LogP contribution in [-0.4, -0.2) is 4.98 Å². The number of hydrogen-bond donors (Lipinski definition) is 0. The minimum absolute atomic E-state index is 0.202. The van der Waals surface area contributed by atoms with Crippen molar-refractivity contribution in [3.05, 3.63) is 28.0 Å². The topological polar surface area (TPSA) is 12.9 Å². The molecule has 0 aliphatic heterocycles. The van der Waals surface area contributed by atoms with Gasteiger partial charge in [-0.3, -0.25) is 0 Å². The molecular formula is C7H5Br2F2N. The minimum Gasteiger partial charge on any atom is -0.240 e. The van der Waals surface area contributed by atoms with Gasteiger partial charge in [-0.1, -0.05) is 22.0 Å². The monoisotopic (exact) mass is 299 g/mol. The Labute approximate surface area is 85.4 Å². The van der Waals surface area contributed by atoms with Crippen LogP contribution >= 0.6 is 31.9 Å². The van der Waals surface area contributed by atoms with E-state index in [0.29, 0.717) is 9.93 Å². The zero-order valence-corrected chi connectivity index (χ0v) is 9.07. The molecule has 0 aromatic carbocycles. The van der Waals surface area contributed by atoms with Crippen LogP contribution in [0.4, 0.5) is 8.78 Å². The number of hydrogen-bond acceptors (Lipinski definition) is 1. The van der Waals surface area contributed by atoms with Crippen molar-refractivity contribution in [1.82, 2.24) is 4.98 Å². The fourth-order valence-electron chi connectivity index (χ4n) is 0.698. The van der Waals surface area contributed by atoms with Gasteiger partial charge in [0.1, 0.15) is 10.3 Å². The van der Waals surface area contributed by atoms with Gasteiger partial charge in [-0.2, -0.15) is 0 Å². The first-order valence-corrected chi connectivity index (χ1v) is 5.06.